The average Bonchev–Trinajstić information content (AvgIpc) is 3.18. The van der Waals surface area contributed by atoms with Crippen molar-refractivity contribution in [1.29, 1.82) is 0 Å². The first-order valence-electron chi connectivity index (χ1n) is 8.09. The molecule has 2 aromatic rings. The quantitative estimate of drug-likeness (QED) is 0.782. The number of urea groups is 1. The highest BCUT2D eigenvalue weighted by Crippen LogP contribution is 2.31. The summed E-state index contributed by atoms with van der Waals surface area (Å²) in [5.74, 6) is -0.161. The number of hydrogen-bond donors (Lipinski definition) is 2. The molecular weight excluding hydrogens is 322 g/mol. The van der Waals surface area contributed by atoms with Crippen molar-refractivity contribution in [1.82, 2.24) is 10.2 Å². The Hall–Kier alpha value is -2.18. The summed E-state index contributed by atoms with van der Waals surface area (Å²) in [4.78, 5) is 27.9. The number of thiophene rings is 1. The number of rotatable bonds is 6. The van der Waals surface area contributed by atoms with Gasteiger partial charge in [0.2, 0.25) is 0 Å². The molecule has 1 aromatic carbocycles. The van der Waals surface area contributed by atoms with Gasteiger partial charge < -0.3 is 10.2 Å². The molecule has 3 amide bonds. The molecule has 1 fully saturated rings. The predicted molar refractivity (Wildman–Crippen MR) is 93.6 cm³/mol. The number of amides is 3. The van der Waals surface area contributed by atoms with Crippen LogP contribution >= 0.6 is 11.3 Å². The summed E-state index contributed by atoms with van der Waals surface area (Å²) in [5.41, 5.74) is 1.11. The number of quaternary nitrogens is 1. The fraction of sp³-hybridized carbons (Fsp3) is 0.333. The molecule has 3 rings (SSSR count). The second-order valence-electron chi connectivity index (χ2n) is 6.21. The van der Waals surface area contributed by atoms with E-state index in [1.54, 1.807) is 11.3 Å². The van der Waals surface area contributed by atoms with Gasteiger partial charge in [0.05, 0.1) is 7.05 Å². The van der Waals surface area contributed by atoms with Crippen molar-refractivity contribution in [2.45, 2.75) is 25.4 Å². The Morgan fingerprint density at radius 1 is 1.21 bits per heavy atom. The van der Waals surface area contributed by atoms with Crippen molar-refractivity contribution < 1.29 is 14.5 Å². The number of imide groups is 1. The van der Waals surface area contributed by atoms with Crippen molar-refractivity contribution in [2.24, 2.45) is 0 Å². The molecule has 0 saturated carbocycles. The minimum atomic E-state index is -0.943. The smallest absolute Gasteiger partial charge is 0.319 e. The zero-order valence-electron chi connectivity index (χ0n) is 13.9. The summed E-state index contributed by atoms with van der Waals surface area (Å²) in [5, 5.41) is 7.05. The number of benzene rings is 1. The SMILES string of the molecule is CC[C@]1(c2ccccc2)NC(=O)N(C[NH+](C)Cc2ccsc2)C1=O. The molecule has 0 bridgehead atoms. The highest BCUT2D eigenvalue weighted by Gasteiger charge is 2.52. The third-order valence-electron chi connectivity index (χ3n) is 4.49. The van der Waals surface area contributed by atoms with Crippen LogP contribution < -0.4 is 10.2 Å². The third kappa shape index (κ3) is 2.95. The first-order chi connectivity index (χ1) is 11.6. The molecule has 0 aliphatic carbocycles. The highest BCUT2D eigenvalue weighted by atomic mass is 32.1. The minimum Gasteiger partial charge on any atom is -0.319 e. The maximum Gasteiger partial charge on any atom is 0.329 e. The van der Waals surface area contributed by atoms with Crippen LogP contribution in [0.25, 0.3) is 0 Å². The zero-order chi connectivity index (χ0) is 17.2. The largest absolute Gasteiger partial charge is 0.329 e. The molecule has 2 heterocycles. The van der Waals surface area contributed by atoms with E-state index in [4.69, 9.17) is 0 Å². The van der Waals surface area contributed by atoms with Crippen LogP contribution in [-0.4, -0.2) is 30.6 Å². The molecule has 0 spiro atoms. The number of carbonyl (C=O) groups is 2. The number of hydrogen-bond acceptors (Lipinski definition) is 3. The van der Waals surface area contributed by atoms with Gasteiger partial charge in [0, 0.05) is 5.56 Å². The Balaban J connectivity index is 1.78. The number of nitrogens with zero attached hydrogens (tertiary/aromatic N) is 1. The maximum absolute atomic E-state index is 13.0. The first kappa shape index (κ1) is 16.7. The Kier molecular flexibility index (Phi) is 4.69. The van der Waals surface area contributed by atoms with Gasteiger partial charge in [-0.3, -0.25) is 4.79 Å². The van der Waals surface area contributed by atoms with Crippen LogP contribution in [0.2, 0.25) is 0 Å². The molecule has 1 aromatic heterocycles. The van der Waals surface area contributed by atoms with Gasteiger partial charge in [-0.15, -0.1) is 0 Å². The third-order valence-corrected chi connectivity index (χ3v) is 5.22. The predicted octanol–water partition coefficient (Wildman–Crippen LogP) is 1.58. The molecule has 1 aliphatic rings. The fourth-order valence-corrected chi connectivity index (χ4v) is 3.87. The Morgan fingerprint density at radius 2 is 1.96 bits per heavy atom. The lowest BCUT2D eigenvalue weighted by Gasteiger charge is -2.26. The van der Waals surface area contributed by atoms with Crippen LogP contribution in [0.5, 0.6) is 0 Å². The van der Waals surface area contributed by atoms with Crippen molar-refractivity contribution in [3.63, 3.8) is 0 Å². The van der Waals surface area contributed by atoms with E-state index in [1.807, 2.05) is 49.7 Å². The summed E-state index contributed by atoms with van der Waals surface area (Å²) in [6, 6.07) is 11.2. The Bertz CT molecular complexity index is 717. The maximum atomic E-state index is 13.0. The van der Waals surface area contributed by atoms with Gasteiger partial charge in [-0.1, -0.05) is 37.3 Å². The standard InChI is InChI=1S/C18H21N3O2S/c1-3-18(15-7-5-4-6-8-15)16(22)21(17(23)19-18)13-20(2)11-14-9-10-24-12-14/h4-10,12H,3,11,13H2,1-2H3,(H,19,23)/p+1/t18-/m1/s1. The normalized spacial score (nSPS) is 21.8. The van der Waals surface area contributed by atoms with Crippen molar-refractivity contribution in [3.05, 3.63) is 58.3 Å². The number of carbonyl (C=O) groups excluding carboxylic acids is 2. The van der Waals surface area contributed by atoms with E-state index >= 15 is 0 Å². The van der Waals surface area contributed by atoms with Crippen LogP contribution in [0.15, 0.2) is 47.2 Å². The van der Waals surface area contributed by atoms with E-state index in [0.29, 0.717) is 13.1 Å². The lowest BCUT2D eigenvalue weighted by Crippen LogP contribution is -3.09. The molecule has 0 radical (unpaired) electrons. The Morgan fingerprint density at radius 3 is 2.58 bits per heavy atom. The fourth-order valence-electron chi connectivity index (χ4n) is 3.20. The first-order valence-corrected chi connectivity index (χ1v) is 9.03. The Labute approximate surface area is 145 Å². The molecule has 24 heavy (non-hydrogen) atoms. The van der Waals surface area contributed by atoms with E-state index in [1.165, 1.54) is 10.5 Å². The molecule has 2 atom stereocenters. The lowest BCUT2D eigenvalue weighted by atomic mass is 9.87. The zero-order valence-corrected chi connectivity index (χ0v) is 14.7. The van der Waals surface area contributed by atoms with Crippen LogP contribution in [0.4, 0.5) is 4.79 Å². The van der Waals surface area contributed by atoms with Crippen LogP contribution in [0.3, 0.4) is 0 Å². The molecule has 1 aliphatic heterocycles. The molecule has 1 saturated heterocycles. The van der Waals surface area contributed by atoms with E-state index in [9.17, 15) is 9.59 Å². The summed E-state index contributed by atoms with van der Waals surface area (Å²) in [7, 11) is 1.99. The summed E-state index contributed by atoms with van der Waals surface area (Å²) >= 11 is 1.65. The van der Waals surface area contributed by atoms with E-state index in [2.05, 4.69) is 16.8 Å². The van der Waals surface area contributed by atoms with Gasteiger partial charge in [0.25, 0.3) is 5.91 Å². The van der Waals surface area contributed by atoms with Gasteiger partial charge in [-0.25, -0.2) is 9.69 Å². The van der Waals surface area contributed by atoms with Gasteiger partial charge in [-0.05, 0) is 28.8 Å². The summed E-state index contributed by atoms with van der Waals surface area (Å²) in [6.07, 6.45) is 0.529. The monoisotopic (exact) mass is 344 g/mol. The second kappa shape index (κ2) is 6.75. The average molecular weight is 344 g/mol. The van der Waals surface area contributed by atoms with Gasteiger partial charge >= 0.3 is 6.03 Å². The lowest BCUT2D eigenvalue weighted by molar-refractivity contribution is -0.901. The van der Waals surface area contributed by atoms with Crippen molar-refractivity contribution >= 4 is 23.3 Å². The number of nitrogens with one attached hydrogen (secondary N) is 2. The van der Waals surface area contributed by atoms with E-state index in [-0.39, 0.29) is 11.9 Å². The van der Waals surface area contributed by atoms with Crippen molar-refractivity contribution in [2.75, 3.05) is 13.7 Å². The van der Waals surface area contributed by atoms with Crippen LogP contribution in [-0.2, 0) is 16.9 Å². The molecule has 6 heteroatoms. The van der Waals surface area contributed by atoms with Gasteiger partial charge in [0.1, 0.15) is 12.1 Å². The molecular formula is C18H22N3O2S+. The summed E-state index contributed by atoms with van der Waals surface area (Å²) < 4.78 is 0. The molecule has 126 valence electrons. The second-order valence-corrected chi connectivity index (χ2v) is 6.99. The van der Waals surface area contributed by atoms with E-state index in [0.717, 1.165) is 17.0 Å². The van der Waals surface area contributed by atoms with Crippen molar-refractivity contribution in [3.8, 4) is 0 Å². The summed E-state index contributed by atoms with van der Waals surface area (Å²) in [6.45, 7) is 3.07. The van der Waals surface area contributed by atoms with Gasteiger partial charge in [-0.2, -0.15) is 11.3 Å². The topological polar surface area (TPSA) is 53.9 Å². The van der Waals surface area contributed by atoms with E-state index < -0.39 is 5.54 Å². The van der Waals surface area contributed by atoms with Crippen LogP contribution in [0.1, 0.15) is 24.5 Å². The molecule has 2 N–H and O–H groups in total. The molecule has 1 unspecified atom stereocenters. The minimum absolute atomic E-state index is 0.161. The van der Waals surface area contributed by atoms with Crippen LogP contribution in [0, 0.1) is 0 Å². The molecule has 5 nitrogen and oxygen atoms in total. The highest BCUT2D eigenvalue weighted by molar-refractivity contribution is 7.07. The van der Waals surface area contributed by atoms with Gasteiger partial charge in [0.15, 0.2) is 6.67 Å².